The molecule has 2 nitrogen and oxygen atoms in total. The third kappa shape index (κ3) is 4.71. The second kappa shape index (κ2) is 6.79. The van der Waals surface area contributed by atoms with Crippen molar-refractivity contribution in [2.75, 3.05) is 26.2 Å². The van der Waals surface area contributed by atoms with Crippen molar-refractivity contribution in [3.8, 4) is 0 Å². The van der Waals surface area contributed by atoms with Crippen LogP contribution in [-0.2, 0) is 0 Å². The number of alkyl halides is 3. The predicted octanol–water partition coefficient (Wildman–Crippen LogP) is 3.71. The van der Waals surface area contributed by atoms with Gasteiger partial charge >= 0.3 is 6.18 Å². The fourth-order valence-electron chi connectivity index (χ4n) is 2.77. The predicted molar refractivity (Wildman–Crippen MR) is 78.4 cm³/mol. The third-order valence-electron chi connectivity index (χ3n) is 4.01. The van der Waals surface area contributed by atoms with Crippen molar-refractivity contribution in [1.29, 1.82) is 0 Å². The molecule has 0 spiro atoms. The maximum atomic E-state index is 12.9. The van der Waals surface area contributed by atoms with E-state index >= 15 is 0 Å². The molecule has 1 atom stereocenters. The summed E-state index contributed by atoms with van der Waals surface area (Å²) < 4.78 is 38.7. The van der Waals surface area contributed by atoms with Crippen LogP contribution >= 0.6 is 0 Å². The Morgan fingerprint density at radius 2 is 1.57 bits per heavy atom. The molecule has 1 fully saturated rings. The van der Waals surface area contributed by atoms with Crippen LogP contribution in [0, 0.1) is 0 Å². The average Bonchev–Trinajstić information content (AvgIpc) is 2.45. The number of rotatable bonds is 4. The van der Waals surface area contributed by atoms with Gasteiger partial charge in [0.2, 0.25) is 0 Å². The van der Waals surface area contributed by atoms with Crippen molar-refractivity contribution in [3.63, 3.8) is 0 Å². The van der Waals surface area contributed by atoms with Crippen LogP contribution in [0.3, 0.4) is 0 Å². The SMILES string of the molecule is CC(C)c1ccc([C@H](CC(F)(F)F)N2CCNCC2)cc1. The zero-order valence-corrected chi connectivity index (χ0v) is 12.6. The lowest BCUT2D eigenvalue weighted by Gasteiger charge is -2.35. The van der Waals surface area contributed by atoms with E-state index < -0.39 is 18.6 Å². The van der Waals surface area contributed by atoms with Gasteiger partial charge in [0, 0.05) is 32.2 Å². The lowest BCUT2D eigenvalue weighted by molar-refractivity contribution is -0.148. The molecule has 21 heavy (non-hydrogen) atoms. The molecule has 0 unspecified atom stereocenters. The average molecular weight is 300 g/mol. The van der Waals surface area contributed by atoms with Crippen LogP contribution in [0.4, 0.5) is 13.2 Å². The fraction of sp³-hybridized carbons (Fsp3) is 0.625. The first-order valence-corrected chi connectivity index (χ1v) is 7.48. The largest absolute Gasteiger partial charge is 0.390 e. The minimum Gasteiger partial charge on any atom is -0.314 e. The number of nitrogens with one attached hydrogen (secondary N) is 1. The Balaban J connectivity index is 2.20. The van der Waals surface area contributed by atoms with Gasteiger partial charge in [-0.3, -0.25) is 4.90 Å². The molecule has 1 aromatic carbocycles. The highest BCUT2D eigenvalue weighted by atomic mass is 19.4. The van der Waals surface area contributed by atoms with Gasteiger partial charge in [-0.1, -0.05) is 38.1 Å². The van der Waals surface area contributed by atoms with E-state index in [1.165, 1.54) is 0 Å². The molecule has 1 heterocycles. The smallest absolute Gasteiger partial charge is 0.314 e. The summed E-state index contributed by atoms with van der Waals surface area (Å²) in [5.41, 5.74) is 1.92. The van der Waals surface area contributed by atoms with E-state index in [2.05, 4.69) is 19.2 Å². The van der Waals surface area contributed by atoms with Crippen LogP contribution in [0.15, 0.2) is 24.3 Å². The Kier molecular flexibility index (Phi) is 5.27. The van der Waals surface area contributed by atoms with E-state index in [1.54, 1.807) is 0 Å². The summed E-state index contributed by atoms with van der Waals surface area (Å²) in [5.74, 6) is 0.388. The summed E-state index contributed by atoms with van der Waals surface area (Å²) in [4.78, 5) is 1.94. The molecule has 1 N–H and O–H groups in total. The summed E-state index contributed by atoms with van der Waals surface area (Å²) in [6.07, 6.45) is -4.93. The Bertz CT molecular complexity index is 434. The van der Waals surface area contributed by atoms with Gasteiger partial charge in [-0.2, -0.15) is 13.2 Å². The Morgan fingerprint density at radius 3 is 2.05 bits per heavy atom. The molecule has 1 aromatic rings. The van der Waals surface area contributed by atoms with E-state index in [1.807, 2.05) is 29.2 Å². The van der Waals surface area contributed by atoms with Crippen LogP contribution in [-0.4, -0.2) is 37.3 Å². The number of benzene rings is 1. The molecule has 0 aliphatic carbocycles. The summed E-state index contributed by atoms with van der Waals surface area (Å²) >= 11 is 0. The van der Waals surface area contributed by atoms with E-state index in [-0.39, 0.29) is 0 Å². The minimum absolute atomic E-state index is 0.388. The summed E-state index contributed by atoms with van der Waals surface area (Å²) in [6, 6.07) is 7.03. The highest BCUT2D eigenvalue weighted by Crippen LogP contribution is 2.34. The number of hydrogen-bond donors (Lipinski definition) is 1. The van der Waals surface area contributed by atoms with Gasteiger partial charge < -0.3 is 5.32 Å². The molecule has 5 heteroatoms. The monoisotopic (exact) mass is 300 g/mol. The van der Waals surface area contributed by atoms with Crippen LogP contribution < -0.4 is 5.32 Å². The molecule has 1 saturated heterocycles. The van der Waals surface area contributed by atoms with Crippen LogP contribution in [0.1, 0.15) is 43.4 Å². The maximum absolute atomic E-state index is 12.9. The zero-order chi connectivity index (χ0) is 15.5. The van der Waals surface area contributed by atoms with Crippen molar-refractivity contribution < 1.29 is 13.2 Å². The second-order valence-corrected chi connectivity index (χ2v) is 5.94. The zero-order valence-electron chi connectivity index (χ0n) is 12.6. The van der Waals surface area contributed by atoms with E-state index in [0.717, 1.165) is 24.2 Å². The first kappa shape index (κ1) is 16.3. The van der Waals surface area contributed by atoms with Crippen molar-refractivity contribution >= 4 is 0 Å². The summed E-state index contributed by atoms with van der Waals surface area (Å²) in [6.45, 7) is 6.98. The van der Waals surface area contributed by atoms with Gasteiger partial charge in [0.05, 0.1) is 6.42 Å². The number of halogens is 3. The summed E-state index contributed by atoms with van der Waals surface area (Å²) in [7, 11) is 0. The van der Waals surface area contributed by atoms with Crippen molar-refractivity contribution in [2.24, 2.45) is 0 Å². The highest BCUT2D eigenvalue weighted by Gasteiger charge is 2.35. The molecule has 1 aliphatic rings. The Labute approximate surface area is 124 Å². The molecular formula is C16H23F3N2. The van der Waals surface area contributed by atoms with Crippen molar-refractivity contribution in [1.82, 2.24) is 10.2 Å². The number of hydrogen-bond acceptors (Lipinski definition) is 2. The van der Waals surface area contributed by atoms with Crippen LogP contribution in [0.2, 0.25) is 0 Å². The Morgan fingerprint density at radius 1 is 1.05 bits per heavy atom. The molecular weight excluding hydrogens is 277 g/mol. The van der Waals surface area contributed by atoms with Gasteiger partial charge in [0.15, 0.2) is 0 Å². The third-order valence-corrected chi connectivity index (χ3v) is 4.01. The standard InChI is InChI=1S/C16H23F3N2/c1-12(2)13-3-5-14(6-4-13)15(11-16(17,18)19)21-9-7-20-8-10-21/h3-6,12,15,20H,7-11H2,1-2H3/t15-/m0/s1. The minimum atomic E-state index is -4.15. The lowest BCUT2D eigenvalue weighted by Crippen LogP contribution is -2.46. The maximum Gasteiger partial charge on any atom is 0.390 e. The van der Waals surface area contributed by atoms with Crippen molar-refractivity contribution in [3.05, 3.63) is 35.4 Å². The van der Waals surface area contributed by atoms with Gasteiger partial charge in [0.1, 0.15) is 0 Å². The molecule has 1 aliphatic heterocycles. The van der Waals surface area contributed by atoms with Gasteiger partial charge in [0.25, 0.3) is 0 Å². The fourth-order valence-corrected chi connectivity index (χ4v) is 2.77. The number of piperazine rings is 1. The van der Waals surface area contributed by atoms with E-state index in [4.69, 9.17) is 0 Å². The molecule has 2 rings (SSSR count). The molecule has 0 bridgehead atoms. The van der Waals surface area contributed by atoms with E-state index in [0.29, 0.717) is 19.0 Å². The molecule has 0 radical (unpaired) electrons. The molecule has 0 saturated carbocycles. The lowest BCUT2D eigenvalue weighted by atomic mass is 9.96. The van der Waals surface area contributed by atoms with Gasteiger partial charge in [-0.05, 0) is 17.0 Å². The quantitative estimate of drug-likeness (QED) is 0.912. The number of nitrogens with zero attached hydrogens (tertiary/aromatic N) is 1. The highest BCUT2D eigenvalue weighted by molar-refractivity contribution is 5.27. The van der Waals surface area contributed by atoms with Crippen LogP contribution in [0.5, 0.6) is 0 Å². The first-order valence-electron chi connectivity index (χ1n) is 7.48. The molecule has 118 valence electrons. The van der Waals surface area contributed by atoms with Crippen molar-refractivity contribution in [2.45, 2.75) is 38.4 Å². The van der Waals surface area contributed by atoms with Gasteiger partial charge in [-0.15, -0.1) is 0 Å². The normalized spacial score (nSPS) is 19.0. The summed E-state index contributed by atoms with van der Waals surface area (Å²) in [5, 5.41) is 3.19. The molecule has 0 aromatic heterocycles. The van der Waals surface area contributed by atoms with Crippen LogP contribution in [0.25, 0.3) is 0 Å². The first-order chi connectivity index (χ1) is 9.87. The Hall–Kier alpha value is -1.07. The second-order valence-electron chi connectivity index (χ2n) is 5.94. The van der Waals surface area contributed by atoms with Gasteiger partial charge in [-0.25, -0.2) is 0 Å². The molecule has 0 amide bonds. The van der Waals surface area contributed by atoms with E-state index in [9.17, 15) is 13.2 Å². The topological polar surface area (TPSA) is 15.3 Å².